The zero-order valence-corrected chi connectivity index (χ0v) is 17.1. The normalized spacial score (nSPS) is 10.3. The lowest BCUT2D eigenvalue weighted by Crippen LogP contribution is -2.43. The van der Waals surface area contributed by atoms with Gasteiger partial charge in [0, 0.05) is 12.2 Å². The number of amides is 3. The van der Waals surface area contributed by atoms with Gasteiger partial charge in [0.1, 0.15) is 0 Å². The quantitative estimate of drug-likeness (QED) is 0.649. The van der Waals surface area contributed by atoms with E-state index in [1.807, 2.05) is 68.4 Å². The molecule has 2 rings (SSSR count). The minimum absolute atomic E-state index is 0.0521. The van der Waals surface area contributed by atoms with Gasteiger partial charge < -0.3 is 15.5 Å². The van der Waals surface area contributed by atoms with Crippen LogP contribution in [0.3, 0.4) is 0 Å². The molecule has 0 aliphatic rings. The van der Waals surface area contributed by atoms with E-state index in [-0.39, 0.29) is 37.2 Å². The van der Waals surface area contributed by atoms with E-state index < -0.39 is 0 Å². The summed E-state index contributed by atoms with van der Waals surface area (Å²) in [6.45, 7) is 4.33. The zero-order valence-electron chi connectivity index (χ0n) is 17.1. The molecular weight excluding hydrogens is 366 g/mol. The lowest BCUT2D eigenvalue weighted by Gasteiger charge is -2.22. The molecule has 2 N–H and O–H groups in total. The van der Waals surface area contributed by atoms with Crippen molar-refractivity contribution in [2.24, 2.45) is 0 Å². The first-order valence-corrected chi connectivity index (χ1v) is 9.93. The Kier molecular flexibility index (Phi) is 8.89. The van der Waals surface area contributed by atoms with E-state index in [9.17, 15) is 14.4 Å². The second kappa shape index (κ2) is 11.6. The Bertz CT molecular complexity index is 804. The van der Waals surface area contributed by atoms with Gasteiger partial charge in [-0.25, -0.2) is 0 Å². The van der Waals surface area contributed by atoms with E-state index in [4.69, 9.17) is 0 Å². The van der Waals surface area contributed by atoms with Crippen molar-refractivity contribution in [2.75, 3.05) is 25.0 Å². The number of hydrogen-bond donors (Lipinski definition) is 2. The van der Waals surface area contributed by atoms with Crippen molar-refractivity contribution in [3.8, 4) is 0 Å². The number of unbranched alkanes of at least 4 members (excludes halogenated alkanes) is 1. The van der Waals surface area contributed by atoms with Crippen LogP contribution in [-0.4, -0.2) is 42.3 Å². The number of aryl methyl sites for hydroxylation is 1. The van der Waals surface area contributed by atoms with E-state index in [2.05, 4.69) is 10.6 Å². The van der Waals surface area contributed by atoms with E-state index in [0.717, 1.165) is 24.0 Å². The van der Waals surface area contributed by atoms with Gasteiger partial charge in [-0.3, -0.25) is 14.4 Å². The highest BCUT2D eigenvalue weighted by Crippen LogP contribution is 2.08. The van der Waals surface area contributed by atoms with Gasteiger partial charge in [0.15, 0.2) is 0 Å². The highest BCUT2D eigenvalue weighted by molar-refractivity contribution is 5.95. The number of nitrogens with zero attached hydrogens (tertiary/aromatic N) is 1. The summed E-state index contributed by atoms with van der Waals surface area (Å²) < 4.78 is 0. The number of carbonyl (C=O) groups excluding carboxylic acids is 3. The monoisotopic (exact) mass is 395 g/mol. The summed E-state index contributed by atoms with van der Waals surface area (Å²) in [6.07, 6.45) is 2.00. The summed E-state index contributed by atoms with van der Waals surface area (Å²) in [6, 6.07) is 16.9. The van der Waals surface area contributed by atoms with Crippen molar-refractivity contribution in [3.05, 3.63) is 65.7 Å². The van der Waals surface area contributed by atoms with Crippen LogP contribution in [0.2, 0.25) is 0 Å². The van der Waals surface area contributed by atoms with E-state index >= 15 is 0 Å². The molecule has 0 aliphatic heterocycles. The van der Waals surface area contributed by atoms with E-state index in [1.165, 1.54) is 0 Å². The maximum atomic E-state index is 12.6. The predicted molar refractivity (Wildman–Crippen MR) is 114 cm³/mol. The Morgan fingerprint density at radius 1 is 0.931 bits per heavy atom. The first-order chi connectivity index (χ1) is 14.0. The molecule has 0 radical (unpaired) electrons. The Hall–Kier alpha value is -3.15. The molecule has 0 aromatic heterocycles. The van der Waals surface area contributed by atoms with Gasteiger partial charge >= 0.3 is 0 Å². The number of nitrogens with one attached hydrogen (secondary N) is 2. The molecule has 0 aliphatic carbocycles. The van der Waals surface area contributed by atoms with Gasteiger partial charge in [-0.05, 0) is 31.0 Å². The standard InChI is InChI=1S/C23H29N3O3/c1-3-4-14-26(23(29)15-19-8-6-5-7-9-19)17-22(28)24-16-21(27)25-20-12-10-18(2)11-13-20/h5-13H,3-4,14-17H2,1-2H3,(H,24,28)(H,25,27). The number of benzene rings is 2. The molecule has 2 aromatic rings. The molecule has 6 nitrogen and oxygen atoms in total. The fourth-order valence-electron chi connectivity index (χ4n) is 2.77. The maximum Gasteiger partial charge on any atom is 0.243 e. The first kappa shape index (κ1) is 22.1. The minimum atomic E-state index is -0.346. The Balaban J connectivity index is 1.84. The SMILES string of the molecule is CCCCN(CC(=O)NCC(=O)Nc1ccc(C)cc1)C(=O)Cc1ccccc1. The molecular formula is C23H29N3O3. The summed E-state index contributed by atoms with van der Waals surface area (Å²) >= 11 is 0. The van der Waals surface area contributed by atoms with Gasteiger partial charge in [0.2, 0.25) is 17.7 Å². The Morgan fingerprint density at radius 2 is 1.62 bits per heavy atom. The summed E-state index contributed by atoms with van der Waals surface area (Å²) in [7, 11) is 0. The molecule has 0 unspecified atom stereocenters. The van der Waals surface area contributed by atoms with Crippen molar-refractivity contribution in [2.45, 2.75) is 33.1 Å². The van der Waals surface area contributed by atoms with Crippen LogP contribution in [0.5, 0.6) is 0 Å². The third-order valence-corrected chi connectivity index (χ3v) is 4.45. The van der Waals surface area contributed by atoms with Crippen LogP contribution in [0.15, 0.2) is 54.6 Å². The van der Waals surface area contributed by atoms with Gasteiger partial charge in [-0.1, -0.05) is 61.4 Å². The van der Waals surface area contributed by atoms with Crippen LogP contribution in [0.4, 0.5) is 5.69 Å². The molecule has 0 bridgehead atoms. The molecule has 0 saturated carbocycles. The van der Waals surface area contributed by atoms with Crippen LogP contribution < -0.4 is 10.6 Å². The maximum absolute atomic E-state index is 12.6. The second-order valence-electron chi connectivity index (χ2n) is 7.02. The van der Waals surface area contributed by atoms with Crippen molar-refractivity contribution >= 4 is 23.4 Å². The lowest BCUT2D eigenvalue weighted by molar-refractivity contribution is -0.135. The third kappa shape index (κ3) is 8.17. The summed E-state index contributed by atoms with van der Waals surface area (Å²) in [4.78, 5) is 38.5. The number of anilines is 1. The fraction of sp³-hybridized carbons (Fsp3) is 0.348. The van der Waals surface area contributed by atoms with Crippen LogP contribution in [0.25, 0.3) is 0 Å². The van der Waals surface area contributed by atoms with Crippen molar-refractivity contribution < 1.29 is 14.4 Å². The number of hydrogen-bond acceptors (Lipinski definition) is 3. The molecule has 3 amide bonds. The second-order valence-corrected chi connectivity index (χ2v) is 7.02. The molecule has 154 valence electrons. The van der Waals surface area contributed by atoms with E-state index in [0.29, 0.717) is 12.2 Å². The van der Waals surface area contributed by atoms with Crippen LogP contribution in [0.1, 0.15) is 30.9 Å². The van der Waals surface area contributed by atoms with Crippen molar-refractivity contribution in [1.29, 1.82) is 0 Å². The molecule has 0 atom stereocenters. The molecule has 2 aromatic carbocycles. The van der Waals surface area contributed by atoms with Gasteiger partial charge in [0.25, 0.3) is 0 Å². The third-order valence-electron chi connectivity index (χ3n) is 4.45. The highest BCUT2D eigenvalue weighted by Gasteiger charge is 2.17. The van der Waals surface area contributed by atoms with E-state index in [1.54, 1.807) is 4.90 Å². The average molecular weight is 396 g/mol. The summed E-state index contributed by atoms with van der Waals surface area (Å²) in [5, 5.41) is 5.33. The molecule has 6 heteroatoms. The van der Waals surface area contributed by atoms with Crippen LogP contribution >= 0.6 is 0 Å². The topological polar surface area (TPSA) is 78.5 Å². The molecule has 0 spiro atoms. The molecule has 29 heavy (non-hydrogen) atoms. The summed E-state index contributed by atoms with van der Waals surface area (Å²) in [5.74, 6) is -0.747. The van der Waals surface area contributed by atoms with Gasteiger partial charge in [-0.2, -0.15) is 0 Å². The zero-order chi connectivity index (χ0) is 21.1. The van der Waals surface area contributed by atoms with Crippen molar-refractivity contribution in [1.82, 2.24) is 10.2 Å². The lowest BCUT2D eigenvalue weighted by atomic mass is 10.1. The van der Waals surface area contributed by atoms with Crippen LogP contribution in [0, 0.1) is 6.92 Å². The fourth-order valence-corrected chi connectivity index (χ4v) is 2.77. The van der Waals surface area contributed by atoms with Gasteiger partial charge in [0.05, 0.1) is 19.5 Å². The first-order valence-electron chi connectivity index (χ1n) is 9.93. The smallest absolute Gasteiger partial charge is 0.243 e. The highest BCUT2D eigenvalue weighted by atomic mass is 16.2. The number of rotatable bonds is 10. The molecule has 0 heterocycles. The number of carbonyl (C=O) groups is 3. The minimum Gasteiger partial charge on any atom is -0.345 e. The predicted octanol–water partition coefficient (Wildman–Crippen LogP) is 2.92. The summed E-state index contributed by atoms with van der Waals surface area (Å²) in [5.41, 5.74) is 2.69. The Morgan fingerprint density at radius 3 is 2.28 bits per heavy atom. The van der Waals surface area contributed by atoms with Crippen LogP contribution in [-0.2, 0) is 20.8 Å². The molecule has 0 fully saturated rings. The van der Waals surface area contributed by atoms with Gasteiger partial charge in [-0.15, -0.1) is 0 Å². The average Bonchev–Trinajstić information content (AvgIpc) is 2.72. The Labute approximate surface area is 172 Å². The largest absolute Gasteiger partial charge is 0.345 e. The van der Waals surface area contributed by atoms with Crippen molar-refractivity contribution in [3.63, 3.8) is 0 Å². The molecule has 0 saturated heterocycles.